The summed E-state index contributed by atoms with van der Waals surface area (Å²) in [5.74, 6) is 0.725. The number of aliphatic hydroxyl groups excluding tert-OH is 2. The minimum absolute atomic E-state index is 0.0246. The first-order valence-electron chi connectivity index (χ1n) is 14.3. The van der Waals surface area contributed by atoms with E-state index in [-0.39, 0.29) is 13.2 Å². The van der Waals surface area contributed by atoms with E-state index in [1.807, 2.05) is 18.2 Å². The molecule has 0 aliphatic rings. The van der Waals surface area contributed by atoms with Gasteiger partial charge >= 0.3 is 0 Å². The van der Waals surface area contributed by atoms with Crippen molar-refractivity contribution in [1.82, 2.24) is 0 Å². The molecule has 0 aliphatic heterocycles. The van der Waals surface area contributed by atoms with E-state index in [1.54, 1.807) is 0 Å². The molecular weight excluding hydrogens is 492 g/mol. The summed E-state index contributed by atoms with van der Waals surface area (Å²) in [5.41, 5.74) is 1.13. The van der Waals surface area contributed by atoms with E-state index in [1.165, 1.54) is 38.5 Å². The predicted molar refractivity (Wildman–Crippen MR) is 147 cm³/mol. The highest BCUT2D eigenvalue weighted by Gasteiger charge is 2.10. The summed E-state index contributed by atoms with van der Waals surface area (Å²) in [7, 11) is 0. The number of aryl methyl sites for hydroxylation is 1. The maximum absolute atomic E-state index is 10.2. The maximum atomic E-state index is 10.2. The lowest BCUT2D eigenvalue weighted by Crippen LogP contribution is -2.24. The number of benzene rings is 1. The molecule has 0 spiro atoms. The average molecular weight is 545 g/mol. The molecule has 0 bridgehead atoms. The van der Waals surface area contributed by atoms with Gasteiger partial charge in [-0.05, 0) is 24.5 Å². The Morgan fingerprint density at radius 3 is 1.63 bits per heavy atom. The van der Waals surface area contributed by atoms with Crippen LogP contribution in [0.3, 0.4) is 0 Å². The number of aliphatic hydroxyl groups is 2. The van der Waals surface area contributed by atoms with Gasteiger partial charge in [-0.25, -0.2) is 0 Å². The van der Waals surface area contributed by atoms with E-state index in [2.05, 4.69) is 13.0 Å². The van der Waals surface area contributed by atoms with Crippen molar-refractivity contribution >= 4 is 0 Å². The predicted octanol–water partition coefficient (Wildman–Crippen LogP) is 3.77. The maximum Gasteiger partial charge on any atom is 0.221 e. The van der Waals surface area contributed by atoms with Gasteiger partial charge in [-0.1, -0.05) is 63.6 Å². The monoisotopic (exact) mass is 544 g/mol. The van der Waals surface area contributed by atoms with Gasteiger partial charge in [0.2, 0.25) is 6.29 Å². The SMILES string of the molecule is CCCCCCCCCc1ccccc1OC(O)COCCOCCOCCOCCOCCOCCO. The summed E-state index contributed by atoms with van der Waals surface area (Å²) in [6.07, 6.45) is 8.83. The molecule has 0 saturated carbocycles. The molecule has 1 unspecified atom stereocenters. The molecule has 38 heavy (non-hydrogen) atoms. The van der Waals surface area contributed by atoms with Crippen LogP contribution in [-0.4, -0.2) is 102 Å². The fourth-order valence-corrected chi connectivity index (χ4v) is 3.63. The van der Waals surface area contributed by atoms with Crippen LogP contribution in [0.2, 0.25) is 0 Å². The van der Waals surface area contributed by atoms with Gasteiger partial charge in [0, 0.05) is 0 Å². The minimum atomic E-state index is -1.02. The normalized spacial score (nSPS) is 12.2. The van der Waals surface area contributed by atoms with Crippen LogP contribution < -0.4 is 4.74 Å². The van der Waals surface area contributed by atoms with Crippen molar-refractivity contribution in [2.75, 3.05) is 85.9 Å². The Labute approximate surface area is 229 Å². The van der Waals surface area contributed by atoms with Crippen LogP contribution in [0.25, 0.3) is 0 Å². The van der Waals surface area contributed by atoms with E-state index in [4.69, 9.17) is 38.3 Å². The second kappa shape index (κ2) is 27.3. The number of ether oxygens (including phenoxy) is 7. The van der Waals surface area contributed by atoms with Gasteiger partial charge in [0.25, 0.3) is 0 Å². The number of unbranched alkanes of at least 4 members (excludes halogenated alkanes) is 6. The molecule has 2 N–H and O–H groups in total. The van der Waals surface area contributed by atoms with Crippen molar-refractivity contribution in [2.45, 2.75) is 64.6 Å². The highest BCUT2D eigenvalue weighted by molar-refractivity contribution is 5.33. The van der Waals surface area contributed by atoms with Gasteiger partial charge in [-0.3, -0.25) is 0 Å². The lowest BCUT2D eigenvalue weighted by Gasteiger charge is -2.16. The molecule has 0 heterocycles. The largest absolute Gasteiger partial charge is 0.462 e. The topological polar surface area (TPSA) is 105 Å². The third kappa shape index (κ3) is 21.6. The second-order valence-electron chi connectivity index (χ2n) is 8.91. The minimum Gasteiger partial charge on any atom is -0.462 e. The van der Waals surface area contributed by atoms with E-state index in [9.17, 15) is 5.11 Å². The number of hydrogen-bond donors (Lipinski definition) is 2. The van der Waals surface area contributed by atoms with Crippen molar-refractivity contribution in [2.24, 2.45) is 0 Å². The number of para-hydroxylation sites is 1. The first kappa shape index (κ1) is 34.7. The van der Waals surface area contributed by atoms with E-state index in [0.717, 1.165) is 24.2 Å². The van der Waals surface area contributed by atoms with Crippen LogP contribution in [0, 0.1) is 0 Å². The Kier molecular flexibility index (Phi) is 24.9. The van der Waals surface area contributed by atoms with Crippen molar-refractivity contribution < 1.29 is 43.4 Å². The fourth-order valence-electron chi connectivity index (χ4n) is 3.63. The quantitative estimate of drug-likeness (QED) is 0.115. The molecular formula is C29H52O9. The Morgan fingerprint density at radius 2 is 1.08 bits per heavy atom. The zero-order valence-electron chi connectivity index (χ0n) is 23.5. The first-order chi connectivity index (χ1) is 18.8. The summed E-state index contributed by atoms with van der Waals surface area (Å²) < 4.78 is 37.9. The van der Waals surface area contributed by atoms with Crippen LogP contribution in [0.4, 0.5) is 0 Å². The van der Waals surface area contributed by atoms with Crippen LogP contribution in [0.1, 0.15) is 57.4 Å². The molecule has 0 saturated heterocycles. The van der Waals surface area contributed by atoms with Gasteiger partial charge in [0.05, 0.1) is 79.3 Å². The van der Waals surface area contributed by atoms with Crippen LogP contribution in [-0.2, 0) is 34.8 Å². The van der Waals surface area contributed by atoms with E-state index >= 15 is 0 Å². The van der Waals surface area contributed by atoms with E-state index < -0.39 is 6.29 Å². The Morgan fingerprint density at radius 1 is 0.605 bits per heavy atom. The lowest BCUT2D eigenvalue weighted by molar-refractivity contribution is -0.0863. The van der Waals surface area contributed by atoms with E-state index in [0.29, 0.717) is 72.7 Å². The molecule has 0 amide bonds. The van der Waals surface area contributed by atoms with Crippen LogP contribution in [0.5, 0.6) is 5.75 Å². The molecule has 0 aliphatic carbocycles. The van der Waals surface area contributed by atoms with Gasteiger partial charge in [-0.2, -0.15) is 0 Å². The number of rotatable bonds is 29. The van der Waals surface area contributed by atoms with Crippen molar-refractivity contribution in [3.63, 3.8) is 0 Å². The smallest absolute Gasteiger partial charge is 0.221 e. The molecule has 1 rings (SSSR count). The molecule has 9 heteroatoms. The standard InChI is InChI=1S/C29H52O9/c1-2-3-4-5-6-7-8-11-27-12-9-10-13-28(27)38-29(31)26-37-25-24-36-23-22-35-21-20-34-19-18-33-17-16-32-15-14-30/h9-10,12-13,29-31H,2-8,11,14-26H2,1H3. The van der Waals surface area contributed by atoms with Crippen molar-refractivity contribution in [3.05, 3.63) is 29.8 Å². The Balaban J connectivity index is 1.93. The zero-order valence-corrected chi connectivity index (χ0v) is 23.5. The molecule has 1 atom stereocenters. The van der Waals surface area contributed by atoms with Crippen LogP contribution in [0.15, 0.2) is 24.3 Å². The molecule has 1 aromatic carbocycles. The first-order valence-corrected chi connectivity index (χ1v) is 14.3. The second-order valence-corrected chi connectivity index (χ2v) is 8.91. The zero-order chi connectivity index (χ0) is 27.4. The molecule has 0 aromatic heterocycles. The fraction of sp³-hybridized carbons (Fsp3) is 0.793. The summed E-state index contributed by atoms with van der Waals surface area (Å²) in [4.78, 5) is 0. The third-order valence-corrected chi connectivity index (χ3v) is 5.64. The van der Waals surface area contributed by atoms with Gasteiger partial charge in [-0.15, -0.1) is 0 Å². The Bertz CT molecular complexity index is 617. The average Bonchev–Trinajstić information content (AvgIpc) is 2.92. The van der Waals surface area contributed by atoms with Gasteiger partial charge < -0.3 is 43.4 Å². The number of hydrogen-bond acceptors (Lipinski definition) is 9. The summed E-state index contributed by atoms with van der Waals surface area (Å²) >= 11 is 0. The molecule has 1 aromatic rings. The molecule has 222 valence electrons. The van der Waals surface area contributed by atoms with Gasteiger partial charge in [0.15, 0.2) is 0 Å². The summed E-state index contributed by atoms with van der Waals surface area (Å²) in [5, 5.41) is 18.8. The summed E-state index contributed by atoms with van der Waals surface area (Å²) in [6, 6.07) is 7.90. The molecule has 9 nitrogen and oxygen atoms in total. The molecule has 0 radical (unpaired) electrons. The van der Waals surface area contributed by atoms with Crippen molar-refractivity contribution in [3.8, 4) is 5.75 Å². The van der Waals surface area contributed by atoms with Gasteiger partial charge in [0.1, 0.15) is 12.4 Å². The molecule has 0 fully saturated rings. The lowest BCUT2D eigenvalue weighted by atomic mass is 10.0. The van der Waals surface area contributed by atoms with Crippen LogP contribution >= 0.6 is 0 Å². The van der Waals surface area contributed by atoms with Crippen molar-refractivity contribution in [1.29, 1.82) is 0 Å². The third-order valence-electron chi connectivity index (χ3n) is 5.64. The summed E-state index contributed by atoms with van der Waals surface area (Å²) in [6.45, 7) is 7.34. The highest BCUT2D eigenvalue weighted by Crippen LogP contribution is 2.22. The Hall–Kier alpha value is -1.30. The highest BCUT2D eigenvalue weighted by atomic mass is 16.6.